The van der Waals surface area contributed by atoms with Gasteiger partial charge < -0.3 is 14.6 Å². The Labute approximate surface area is 78.7 Å². The van der Waals surface area contributed by atoms with Gasteiger partial charge in [-0.05, 0) is 0 Å². The first-order valence-corrected chi connectivity index (χ1v) is 4.40. The van der Waals surface area contributed by atoms with Crippen LogP contribution >= 0.6 is 0 Å². The Morgan fingerprint density at radius 2 is 1.69 bits per heavy atom. The largest absolute Gasteiger partial charge is 0.388 e. The molecular formula is C10H16O3. The lowest BCUT2D eigenvalue weighted by Crippen LogP contribution is -2.45. The summed E-state index contributed by atoms with van der Waals surface area (Å²) in [5.74, 6) is -0.636. The Hall–Kier alpha value is -0.640. The van der Waals surface area contributed by atoms with Crippen LogP contribution in [0.4, 0.5) is 0 Å². The van der Waals surface area contributed by atoms with Crippen molar-refractivity contribution in [2.45, 2.75) is 24.7 Å². The van der Waals surface area contributed by atoms with Crippen LogP contribution in [-0.2, 0) is 9.47 Å². The molecule has 0 spiro atoms. The summed E-state index contributed by atoms with van der Waals surface area (Å²) in [7, 11) is 0. The van der Waals surface area contributed by atoms with E-state index >= 15 is 0 Å². The summed E-state index contributed by atoms with van der Waals surface area (Å²) in [4.78, 5) is 0. The zero-order valence-corrected chi connectivity index (χ0v) is 7.74. The quantitative estimate of drug-likeness (QED) is 0.668. The minimum atomic E-state index is -0.636. The predicted octanol–water partition coefficient (Wildman–Crippen LogP) is 1.24. The lowest BCUT2D eigenvalue weighted by molar-refractivity contribution is -0.288. The molecule has 1 heterocycles. The molecule has 1 aliphatic rings. The van der Waals surface area contributed by atoms with Gasteiger partial charge in [-0.25, -0.2) is 0 Å². The molecule has 0 bridgehead atoms. The van der Waals surface area contributed by atoms with Gasteiger partial charge >= 0.3 is 0 Å². The maximum absolute atomic E-state index is 9.18. The van der Waals surface area contributed by atoms with Crippen molar-refractivity contribution in [3.05, 3.63) is 25.3 Å². The number of aliphatic hydroxyl groups is 1. The van der Waals surface area contributed by atoms with Crippen LogP contribution in [0.1, 0.15) is 12.8 Å². The van der Waals surface area contributed by atoms with Gasteiger partial charge in [0.1, 0.15) is 6.10 Å². The van der Waals surface area contributed by atoms with E-state index in [4.69, 9.17) is 9.47 Å². The van der Waals surface area contributed by atoms with Gasteiger partial charge in [0.05, 0.1) is 13.2 Å². The average Bonchev–Trinajstić information content (AvgIpc) is 2.11. The van der Waals surface area contributed by atoms with Crippen molar-refractivity contribution in [1.82, 2.24) is 0 Å². The van der Waals surface area contributed by atoms with Crippen molar-refractivity contribution < 1.29 is 14.6 Å². The van der Waals surface area contributed by atoms with Crippen LogP contribution in [0.2, 0.25) is 0 Å². The predicted molar refractivity (Wildman–Crippen MR) is 50.3 cm³/mol. The van der Waals surface area contributed by atoms with E-state index in [1.54, 1.807) is 12.2 Å². The molecule has 0 saturated carbocycles. The molecule has 74 valence electrons. The first-order chi connectivity index (χ1) is 6.22. The number of hydrogen-bond donors (Lipinski definition) is 1. The minimum Gasteiger partial charge on any atom is -0.388 e. The summed E-state index contributed by atoms with van der Waals surface area (Å²) < 4.78 is 10.9. The second-order valence-electron chi connectivity index (χ2n) is 3.17. The Bertz CT molecular complexity index is 169. The molecule has 1 saturated heterocycles. The van der Waals surface area contributed by atoms with Gasteiger partial charge in [0.25, 0.3) is 0 Å². The zero-order valence-electron chi connectivity index (χ0n) is 7.74. The molecular weight excluding hydrogens is 168 g/mol. The Balaban J connectivity index is 2.56. The van der Waals surface area contributed by atoms with E-state index in [1.807, 2.05) is 0 Å². The summed E-state index contributed by atoms with van der Waals surface area (Å²) in [6, 6.07) is 0. The minimum absolute atomic E-state index is 0.321. The molecule has 13 heavy (non-hydrogen) atoms. The molecule has 1 rings (SSSR count). The van der Waals surface area contributed by atoms with E-state index in [-0.39, 0.29) is 0 Å². The number of hydrogen-bond acceptors (Lipinski definition) is 3. The van der Waals surface area contributed by atoms with Gasteiger partial charge in [-0.1, -0.05) is 12.2 Å². The third-order valence-corrected chi connectivity index (χ3v) is 1.99. The normalized spacial score (nSPS) is 22.5. The molecule has 0 aliphatic carbocycles. The molecule has 0 aromatic carbocycles. The van der Waals surface area contributed by atoms with Crippen LogP contribution in [0.5, 0.6) is 0 Å². The molecule has 0 atom stereocenters. The van der Waals surface area contributed by atoms with Crippen molar-refractivity contribution >= 4 is 0 Å². The standard InChI is InChI=1S/C10H16O3/c1-3-5-10(6-4-2)12-7-9(11)8-13-10/h3-4,9,11H,1-2,5-8H2. The highest BCUT2D eigenvalue weighted by atomic mass is 16.7. The highest BCUT2D eigenvalue weighted by molar-refractivity contribution is 4.89. The second-order valence-corrected chi connectivity index (χ2v) is 3.17. The van der Waals surface area contributed by atoms with Crippen molar-refractivity contribution in [2.75, 3.05) is 13.2 Å². The van der Waals surface area contributed by atoms with Crippen molar-refractivity contribution in [3.63, 3.8) is 0 Å². The van der Waals surface area contributed by atoms with Gasteiger partial charge in [-0.15, -0.1) is 13.2 Å². The lowest BCUT2D eigenvalue weighted by atomic mass is 10.1. The molecule has 1 aliphatic heterocycles. The molecule has 0 aromatic rings. The summed E-state index contributed by atoms with van der Waals surface area (Å²) in [6.07, 6.45) is 4.22. The average molecular weight is 184 g/mol. The van der Waals surface area contributed by atoms with Crippen molar-refractivity contribution in [2.24, 2.45) is 0 Å². The first-order valence-electron chi connectivity index (χ1n) is 4.40. The fourth-order valence-corrected chi connectivity index (χ4v) is 1.34. The molecule has 3 nitrogen and oxygen atoms in total. The Morgan fingerprint density at radius 3 is 2.08 bits per heavy atom. The number of ether oxygens (including phenoxy) is 2. The Kier molecular flexibility index (Phi) is 3.66. The van der Waals surface area contributed by atoms with Crippen LogP contribution in [0.15, 0.2) is 25.3 Å². The molecule has 0 aromatic heterocycles. The summed E-state index contributed by atoms with van der Waals surface area (Å²) >= 11 is 0. The van der Waals surface area contributed by atoms with Crippen LogP contribution in [0, 0.1) is 0 Å². The third-order valence-electron chi connectivity index (χ3n) is 1.99. The van der Waals surface area contributed by atoms with Gasteiger partial charge in [-0.3, -0.25) is 0 Å². The Morgan fingerprint density at radius 1 is 1.23 bits per heavy atom. The van der Waals surface area contributed by atoms with Crippen LogP contribution in [0.25, 0.3) is 0 Å². The monoisotopic (exact) mass is 184 g/mol. The van der Waals surface area contributed by atoms with Gasteiger partial charge in [-0.2, -0.15) is 0 Å². The molecule has 3 heteroatoms. The van der Waals surface area contributed by atoms with Crippen LogP contribution in [-0.4, -0.2) is 30.2 Å². The fourth-order valence-electron chi connectivity index (χ4n) is 1.34. The maximum Gasteiger partial charge on any atom is 0.175 e. The van der Waals surface area contributed by atoms with E-state index in [9.17, 15) is 5.11 Å². The molecule has 0 radical (unpaired) electrons. The molecule has 0 unspecified atom stereocenters. The van der Waals surface area contributed by atoms with E-state index in [0.717, 1.165) is 0 Å². The molecule has 0 amide bonds. The summed E-state index contributed by atoms with van der Waals surface area (Å²) in [6.45, 7) is 7.93. The van der Waals surface area contributed by atoms with E-state index in [2.05, 4.69) is 13.2 Å². The van der Waals surface area contributed by atoms with E-state index < -0.39 is 11.9 Å². The van der Waals surface area contributed by atoms with Gasteiger partial charge in [0.15, 0.2) is 5.79 Å². The van der Waals surface area contributed by atoms with Crippen molar-refractivity contribution in [3.8, 4) is 0 Å². The summed E-state index contributed by atoms with van der Waals surface area (Å²) in [5, 5.41) is 9.18. The summed E-state index contributed by atoms with van der Waals surface area (Å²) in [5.41, 5.74) is 0. The zero-order chi connectivity index (χ0) is 9.73. The van der Waals surface area contributed by atoms with Gasteiger partial charge in [0, 0.05) is 12.8 Å². The lowest BCUT2D eigenvalue weighted by Gasteiger charge is -2.37. The second kappa shape index (κ2) is 4.56. The topological polar surface area (TPSA) is 38.7 Å². The maximum atomic E-state index is 9.18. The molecule has 1 fully saturated rings. The van der Waals surface area contributed by atoms with Crippen LogP contribution in [0.3, 0.4) is 0 Å². The van der Waals surface area contributed by atoms with E-state index in [0.29, 0.717) is 26.1 Å². The first kappa shape index (κ1) is 10.4. The fraction of sp³-hybridized carbons (Fsp3) is 0.600. The van der Waals surface area contributed by atoms with Gasteiger partial charge in [0.2, 0.25) is 0 Å². The highest BCUT2D eigenvalue weighted by Gasteiger charge is 2.34. The number of aliphatic hydroxyl groups excluding tert-OH is 1. The van der Waals surface area contributed by atoms with Crippen molar-refractivity contribution in [1.29, 1.82) is 0 Å². The third kappa shape index (κ3) is 2.66. The van der Waals surface area contributed by atoms with Crippen LogP contribution < -0.4 is 0 Å². The van der Waals surface area contributed by atoms with E-state index in [1.165, 1.54) is 0 Å². The smallest absolute Gasteiger partial charge is 0.175 e. The SMILES string of the molecule is C=CCC1(CC=C)OCC(O)CO1. The number of rotatable bonds is 4. The highest BCUT2D eigenvalue weighted by Crippen LogP contribution is 2.27. The molecule has 1 N–H and O–H groups in total.